The molecule has 12 rings (SSSR count). The molecular weight excluding hydrogens is 657 g/mol. The standard InChI is InChI=1S/C50H30N4/c1-2-16-34(17-3-1)53-44-25-13-11-20-37(44)41-29-33(26-27-45(41)53)48-40-23-10-12-24-43(40)51-50(52-48)54-46-30-32-15-5-4-14-31(32)28-42(46)47-38-21-8-6-18-35(38)36-19-7-9-22-39(36)49(47)54/h1-30H. The molecule has 0 unspecified atom stereocenters. The van der Waals surface area contributed by atoms with Crippen LogP contribution in [-0.2, 0) is 0 Å². The first-order chi connectivity index (χ1) is 26.8. The summed E-state index contributed by atoms with van der Waals surface area (Å²) < 4.78 is 4.68. The van der Waals surface area contributed by atoms with Crippen molar-refractivity contribution < 1.29 is 0 Å². The lowest BCUT2D eigenvalue weighted by atomic mass is 9.96. The second kappa shape index (κ2) is 11.1. The predicted octanol–water partition coefficient (Wildman–Crippen LogP) is 13.0. The zero-order chi connectivity index (χ0) is 35.3. The van der Waals surface area contributed by atoms with Gasteiger partial charge in [0.15, 0.2) is 0 Å². The summed E-state index contributed by atoms with van der Waals surface area (Å²) in [6.07, 6.45) is 0. The van der Waals surface area contributed by atoms with Crippen molar-refractivity contribution in [3.05, 3.63) is 182 Å². The molecule has 0 aliphatic carbocycles. The zero-order valence-corrected chi connectivity index (χ0v) is 29.1. The number of nitrogens with zero attached hydrogens (tertiary/aromatic N) is 4. The Balaban J connectivity index is 1.21. The molecule has 250 valence electrons. The van der Waals surface area contributed by atoms with Crippen molar-refractivity contribution in [1.29, 1.82) is 0 Å². The number of rotatable bonds is 3. The number of hydrogen-bond donors (Lipinski definition) is 0. The van der Waals surface area contributed by atoms with E-state index in [1.165, 1.54) is 59.4 Å². The van der Waals surface area contributed by atoms with Gasteiger partial charge in [-0.1, -0.05) is 133 Å². The molecule has 0 N–H and O–H groups in total. The van der Waals surface area contributed by atoms with E-state index in [4.69, 9.17) is 9.97 Å². The highest BCUT2D eigenvalue weighted by Crippen LogP contribution is 2.44. The lowest BCUT2D eigenvalue weighted by Crippen LogP contribution is -2.04. The van der Waals surface area contributed by atoms with Gasteiger partial charge in [0.1, 0.15) is 0 Å². The minimum absolute atomic E-state index is 0.659. The Labute approximate surface area is 309 Å². The Morgan fingerprint density at radius 1 is 0.352 bits per heavy atom. The van der Waals surface area contributed by atoms with E-state index in [-0.39, 0.29) is 0 Å². The van der Waals surface area contributed by atoms with Crippen LogP contribution < -0.4 is 0 Å². The third-order valence-electron chi connectivity index (χ3n) is 11.3. The van der Waals surface area contributed by atoms with Gasteiger partial charge >= 0.3 is 0 Å². The van der Waals surface area contributed by atoms with Crippen LogP contribution in [0.5, 0.6) is 0 Å². The molecule has 12 aromatic rings. The van der Waals surface area contributed by atoms with E-state index in [1.54, 1.807) is 0 Å². The molecule has 0 saturated heterocycles. The van der Waals surface area contributed by atoms with Crippen LogP contribution in [0.15, 0.2) is 182 Å². The van der Waals surface area contributed by atoms with Crippen molar-refractivity contribution in [2.45, 2.75) is 0 Å². The van der Waals surface area contributed by atoms with Crippen molar-refractivity contribution in [3.8, 4) is 22.9 Å². The lowest BCUT2D eigenvalue weighted by molar-refractivity contribution is 1.02. The summed E-state index contributed by atoms with van der Waals surface area (Å²) in [6.45, 7) is 0. The summed E-state index contributed by atoms with van der Waals surface area (Å²) in [5, 5.41) is 13.1. The van der Waals surface area contributed by atoms with Gasteiger partial charge in [0, 0.05) is 43.6 Å². The molecule has 4 nitrogen and oxygen atoms in total. The number of para-hydroxylation sites is 3. The first kappa shape index (κ1) is 29.3. The second-order valence-electron chi connectivity index (χ2n) is 14.2. The highest BCUT2D eigenvalue weighted by molar-refractivity contribution is 6.33. The minimum Gasteiger partial charge on any atom is -0.309 e. The minimum atomic E-state index is 0.659. The Bertz CT molecular complexity index is 3500. The van der Waals surface area contributed by atoms with Gasteiger partial charge in [-0.25, -0.2) is 9.97 Å². The average Bonchev–Trinajstić information content (AvgIpc) is 3.75. The molecule has 0 amide bonds. The van der Waals surface area contributed by atoms with Crippen molar-refractivity contribution >= 4 is 86.8 Å². The van der Waals surface area contributed by atoms with Gasteiger partial charge in [-0.05, 0) is 75.5 Å². The molecule has 0 atom stereocenters. The SMILES string of the molecule is c1ccc(-n2c3ccccc3c3cc(-c4nc(-n5c6cc7ccccc7cc6c6c7ccccc7c7ccccc7c65)nc5ccccc45)ccc32)cc1. The molecule has 3 heterocycles. The molecule has 0 aliphatic heterocycles. The van der Waals surface area contributed by atoms with Gasteiger partial charge in [0.25, 0.3) is 0 Å². The number of fused-ring (bicyclic) bond motifs is 13. The van der Waals surface area contributed by atoms with E-state index in [0.29, 0.717) is 5.95 Å². The lowest BCUT2D eigenvalue weighted by Gasteiger charge is -2.14. The fraction of sp³-hybridized carbons (Fsp3) is 0. The Hall–Kier alpha value is -7.30. The molecule has 54 heavy (non-hydrogen) atoms. The summed E-state index contributed by atoms with van der Waals surface area (Å²) in [6, 6.07) is 65.4. The molecular formula is C50H30N4. The van der Waals surface area contributed by atoms with Crippen LogP contribution in [-0.4, -0.2) is 19.1 Å². The molecule has 3 aromatic heterocycles. The molecule has 0 bridgehead atoms. The summed E-state index contributed by atoms with van der Waals surface area (Å²) in [4.78, 5) is 11.0. The second-order valence-corrected chi connectivity index (χ2v) is 14.2. The summed E-state index contributed by atoms with van der Waals surface area (Å²) in [5.74, 6) is 0.659. The topological polar surface area (TPSA) is 35.6 Å². The average molecular weight is 687 g/mol. The van der Waals surface area contributed by atoms with Gasteiger partial charge < -0.3 is 4.57 Å². The van der Waals surface area contributed by atoms with Gasteiger partial charge in [-0.3, -0.25) is 4.57 Å². The van der Waals surface area contributed by atoms with Crippen molar-refractivity contribution in [1.82, 2.24) is 19.1 Å². The van der Waals surface area contributed by atoms with E-state index in [9.17, 15) is 0 Å². The van der Waals surface area contributed by atoms with Crippen molar-refractivity contribution in [2.24, 2.45) is 0 Å². The summed E-state index contributed by atoms with van der Waals surface area (Å²) in [7, 11) is 0. The van der Waals surface area contributed by atoms with Gasteiger partial charge in [0.2, 0.25) is 5.95 Å². The van der Waals surface area contributed by atoms with E-state index in [0.717, 1.165) is 44.4 Å². The first-order valence-corrected chi connectivity index (χ1v) is 18.4. The molecule has 0 fully saturated rings. The molecule has 0 aliphatic rings. The van der Waals surface area contributed by atoms with Crippen LogP contribution in [0.25, 0.3) is 110 Å². The van der Waals surface area contributed by atoms with Crippen molar-refractivity contribution in [2.75, 3.05) is 0 Å². The highest BCUT2D eigenvalue weighted by Gasteiger charge is 2.23. The van der Waals surface area contributed by atoms with Crippen molar-refractivity contribution in [3.63, 3.8) is 0 Å². The third-order valence-corrected chi connectivity index (χ3v) is 11.3. The van der Waals surface area contributed by atoms with Crippen LogP contribution in [0, 0.1) is 0 Å². The summed E-state index contributed by atoms with van der Waals surface area (Å²) >= 11 is 0. The normalized spacial score (nSPS) is 12.1. The predicted molar refractivity (Wildman–Crippen MR) is 226 cm³/mol. The molecule has 4 heteroatoms. The van der Waals surface area contributed by atoms with Crippen LogP contribution in [0.1, 0.15) is 0 Å². The smallest absolute Gasteiger partial charge is 0.235 e. The molecule has 0 spiro atoms. The van der Waals surface area contributed by atoms with Crippen LogP contribution in [0.2, 0.25) is 0 Å². The largest absolute Gasteiger partial charge is 0.309 e. The Morgan fingerprint density at radius 3 is 1.78 bits per heavy atom. The maximum atomic E-state index is 5.58. The van der Waals surface area contributed by atoms with Crippen LogP contribution in [0.3, 0.4) is 0 Å². The summed E-state index contributed by atoms with van der Waals surface area (Å²) in [5.41, 5.74) is 8.58. The van der Waals surface area contributed by atoms with Gasteiger partial charge in [-0.2, -0.15) is 0 Å². The molecule has 0 saturated carbocycles. The zero-order valence-electron chi connectivity index (χ0n) is 29.1. The molecule has 9 aromatic carbocycles. The Kier molecular flexibility index (Phi) is 6.02. The van der Waals surface area contributed by atoms with Gasteiger partial charge in [-0.15, -0.1) is 0 Å². The third kappa shape index (κ3) is 4.08. The molecule has 0 radical (unpaired) electrons. The van der Waals surface area contributed by atoms with E-state index in [1.807, 2.05) is 0 Å². The van der Waals surface area contributed by atoms with Gasteiger partial charge in [0.05, 0.1) is 33.3 Å². The van der Waals surface area contributed by atoms with Crippen LogP contribution >= 0.6 is 0 Å². The monoisotopic (exact) mass is 686 g/mol. The maximum Gasteiger partial charge on any atom is 0.235 e. The fourth-order valence-corrected chi connectivity index (χ4v) is 8.93. The number of benzene rings is 9. The maximum absolute atomic E-state index is 5.58. The number of aromatic nitrogens is 4. The quantitative estimate of drug-likeness (QED) is 0.173. The van der Waals surface area contributed by atoms with E-state index >= 15 is 0 Å². The van der Waals surface area contributed by atoms with Crippen LogP contribution in [0.4, 0.5) is 0 Å². The fourth-order valence-electron chi connectivity index (χ4n) is 8.93. The van der Waals surface area contributed by atoms with E-state index in [2.05, 4.69) is 191 Å². The Morgan fingerprint density at radius 2 is 0.963 bits per heavy atom. The number of hydrogen-bond acceptors (Lipinski definition) is 2. The highest BCUT2D eigenvalue weighted by atomic mass is 15.2. The van der Waals surface area contributed by atoms with E-state index < -0.39 is 0 Å². The first-order valence-electron chi connectivity index (χ1n) is 18.4.